The molecule has 0 aliphatic heterocycles. The standard InChI is InChI=1S/C14H22S/c1-2-3-12-15-13-8-7-11-14-9-5-4-6-10-14/h4-6,9-10H,2-3,7-8,11-13H2,1H3. The van der Waals surface area contributed by atoms with Gasteiger partial charge in [0.15, 0.2) is 0 Å². The van der Waals surface area contributed by atoms with E-state index in [0.29, 0.717) is 0 Å². The van der Waals surface area contributed by atoms with E-state index in [1.807, 2.05) is 0 Å². The Hall–Kier alpha value is -0.430. The van der Waals surface area contributed by atoms with Crippen LogP contribution < -0.4 is 0 Å². The SMILES string of the molecule is CCCCSCCCCc1ccccc1. The number of unbranched alkanes of at least 4 members (excludes halogenated alkanes) is 2. The van der Waals surface area contributed by atoms with E-state index < -0.39 is 0 Å². The third-order valence-electron chi connectivity index (χ3n) is 2.49. The zero-order valence-corrected chi connectivity index (χ0v) is 10.6. The lowest BCUT2D eigenvalue weighted by atomic mass is 10.1. The zero-order chi connectivity index (χ0) is 10.8. The van der Waals surface area contributed by atoms with Crippen LogP contribution in [0.15, 0.2) is 30.3 Å². The molecule has 0 fully saturated rings. The van der Waals surface area contributed by atoms with Gasteiger partial charge in [0, 0.05) is 0 Å². The molecular formula is C14H22S. The summed E-state index contributed by atoms with van der Waals surface area (Å²) in [6, 6.07) is 10.8. The molecule has 0 saturated carbocycles. The van der Waals surface area contributed by atoms with Gasteiger partial charge in [0.05, 0.1) is 0 Å². The molecule has 0 atom stereocenters. The summed E-state index contributed by atoms with van der Waals surface area (Å²) in [6.07, 6.45) is 6.65. The van der Waals surface area contributed by atoms with Crippen LogP contribution in [0.25, 0.3) is 0 Å². The van der Waals surface area contributed by atoms with Crippen LogP contribution in [0.1, 0.15) is 38.2 Å². The first-order valence-corrected chi connectivity index (χ1v) is 7.20. The molecule has 0 radical (unpaired) electrons. The van der Waals surface area contributed by atoms with Crippen molar-refractivity contribution in [1.82, 2.24) is 0 Å². The van der Waals surface area contributed by atoms with E-state index in [9.17, 15) is 0 Å². The Morgan fingerprint density at radius 1 is 0.933 bits per heavy atom. The average molecular weight is 222 g/mol. The van der Waals surface area contributed by atoms with E-state index >= 15 is 0 Å². The number of hydrogen-bond donors (Lipinski definition) is 0. The third kappa shape index (κ3) is 6.62. The second kappa shape index (κ2) is 8.84. The fourth-order valence-corrected chi connectivity index (χ4v) is 2.63. The van der Waals surface area contributed by atoms with Gasteiger partial charge in [-0.15, -0.1) is 0 Å². The van der Waals surface area contributed by atoms with Crippen molar-refractivity contribution < 1.29 is 0 Å². The van der Waals surface area contributed by atoms with Gasteiger partial charge in [0.25, 0.3) is 0 Å². The van der Waals surface area contributed by atoms with Gasteiger partial charge >= 0.3 is 0 Å². The molecule has 0 aromatic heterocycles. The molecule has 1 aromatic carbocycles. The monoisotopic (exact) mass is 222 g/mol. The van der Waals surface area contributed by atoms with Crippen LogP contribution >= 0.6 is 11.8 Å². The van der Waals surface area contributed by atoms with E-state index in [2.05, 4.69) is 49.0 Å². The summed E-state index contributed by atoms with van der Waals surface area (Å²) in [6.45, 7) is 2.26. The molecule has 0 bridgehead atoms. The first-order chi connectivity index (χ1) is 7.43. The summed E-state index contributed by atoms with van der Waals surface area (Å²) in [7, 11) is 0. The molecule has 15 heavy (non-hydrogen) atoms. The minimum Gasteiger partial charge on any atom is -0.162 e. The van der Waals surface area contributed by atoms with Crippen molar-refractivity contribution in [3.8, 4) is 0 Å². The molecular weight excluding hydrogens is 200 g/mol. The smallest absolute Gasteiger partial charge is 0.00674 e. The second-order valence-corrected chi connectivity index (χ2v) is 5.13. The van der Waals surface area contributed by atoms with Gasteiger partial charge in [-0.2, -0.15) is 11.8 Å². The number of benzene rings is 1. The maximum Gasteiger partial charge on any atom is -0.00674 e. The van der Waals surface area contributed by atoms with E-state index in [-0.39, 0.29) is 0 Å². The molecule has 0 spiro atoms. The Morgan fingerprint density at radius 3 is 2.40 bits per heavy atom. The number of aryl methyl sites for hydroxylation is 1. The molecule has 0 aliphatic carbocycles. The van der Waals surface area contributed by atoms with Crippen molar-refractivity contribution in [1.29, 1.82) is 0 Å². The zero-order valence-electron chi connectivity index (χ0n) is 9.74. The predicted molar refractivity (Wildman–Crippen MR) is 71.6 cm³/mol. The Balaban J connectivity index is 1.93. The van der Waals surface area contributed by atoms with Gasteiger partial charge in [-0.1, -0.05) is 43.7 Å². The molecule has 0 unspecified atom stereocenters. The van der Waals surface area contributed by atoms with Crippen LogP contribution in [0.2, 0.25) is 0 Å². The van der Waals surface area contributed by atoms with Crippen molar-refractivity contribution in [2.24, 2.45) is 0 Å². The normalized spacial score (nSPS) is 10.5. The van der Waals surface area contributed by atoms with Gasteiger partial charge in [-0.3, -0.25) is 0 Å². The molecule has 1 aromatic rings. The maximum atomic E-state index is 2.26. The van der Waals surface area contributed by atoms with Crippen LogP contribution in [0.4, 0.5) is 0 Å². The van der Waals surface area contributed by atoms with E-state index in [0.717, 1.165) is 0 Å². The molecule has 1 heteroatoms. The molecule has 0 aliphatic rings. The Labute approximate surface area is 98.5 Å². The Bertz CT molecular complexity index is 230. The average Bonchev–Trinajstić information content (AvgIpc) is 2.29. The summed E-state index contributed by atoms with van der Waals surface area (Å²) < 4.78 is 0. The summed E-state index contributed by atoms with van der Waals surface area (Å²) in [4.78, 5) is 0. The fourth-order valence-electron chi connectivity index (χ4n) is 1.53. The van der Waals surface area contributed by atoms with Crippen molar-refractivity contribution in [2.75, 3.05) is 11.5 Å². The highest BCUT2D eigenvalue weighted by Crippen LogP contribution is 2.10. The maximum absolute atomic E-state index is 2.26. The first kappa shape index (κ1) is 12.6. The third-order valence-corrected chi connectivity index (χ3v) is 3.64. The van der Waals surface area contributed by atoms with Crippen LogP contribution in [0.5, 0.6) is 0 Å². The lowest BCUT2D eigenvalue weighted by Gasteiger charge is -2.01. The summed E-state index contributed by atoms with van der Waals surface area (Å²) in [5, 5.41) is 0. The van der Waals surface area contributed by atoms with Crippen molar-refractivity contribution in [3.05, 3.63) is 35.9 Å². The van der Waals surface area contributed by atoms with Crippen molar-refractivity contribution >= 4 is 11.8 Å². The van der Waals surface area contributed by atoms with Crippen LogP contribution in [-0.4, -0.2) is 11.5 Å². The molecule has 0 N–H and O–H groups in total. The number of thioether (sulfide) groups is 1. The van der Waals surface area contributed by atoms with E-state index in [1.165, 1.54) is 49.2 Å². The molecule has 0 saturated heterocycles. The molecule has 0 heterocycles. The number of rotatable bonds is 8. The summed E-state index contributed by atoms with van der Waals surface area (Å²) >= 11 is 2.11. The highest BCUT2D eigenvalue weighted by molar-refractivity contribution is 7.99. The summed E-state index contributed by atoms with van der Waals surface area (Å²) in [5.41, 5.74) is 1.48. The Kier molecular flexibility index (Phi) is 7.45. The fraction of sp³-hybridized carbons (Fsp3) is 0.571. The lowest BCUT2D eigenvalue weighted by Crippen LogP contribution is -1.88. The topological polar surface area (TPSA) is 0 Å². The van der Waals surface area contributed by atoms with Gasteiger partial charge in [0.2, 0.25) is 0 Å². The second-order valence-electron chi connectivity index (χ2n) is 3.91. The van der Waals surface area contributed by atoms with Gasteiger partial charge in [0.1, 0.15) is 0 Å². The highest BCUT2D eigenvalue weighted by Gasteiger charge is 1.93. The molecule has 1 rings (SSSR count). The van der Waals surface area contributed by atoms with Crippen molar-refractivity contribution in [3.63, 3.8) is 0 Å². The molecule has 0 nitrogen and oxygen atoms in total. The highest BCUT2D eigenvalue weighted by atomic mass is 32.2. The van der Waals surface area contributed by atoms with Crippen LogP contribution in [-0.2, 0) is 6.42 Å². The van der Waals surface area contributed by atoms with Gasteiger partial charge in [-0.25, -0.2) is 0 Å². The summed E-state index contributed by atoms with van der Waals surface area (Å²) in [5.74, 6) is 2.69. The van der Waals surface area contributed by atoms with Gasteiger partial charge in [-0.05, 0) is 42.8 Å². The number of hydrogen-bond acceptors (Lipinski definition) is 1. The largest absolute Gasteiger partial charge is 0.162 e. The molecule has 84 valence electrons. The lowest BCUT2D eigenvalue weighted by molar-refractivity contribution is 0.801. The van der Waals surface area contributed by atoms with E-state index in [1.54, 1.807) is 0 Å². The minimum atomic E-state index is 1.25. The van der Waals surface area contributed by atoms with Crippen LogP contribution in [0.3, 0.4) is 0 Å². The minimum absolute atomic E-state index is 1.25. The quantitative estimate of drug-likeness (QED) is 0.582. The van der Waals surface area contributed by atoms with Crippen molar-refractivity contribution in [2.45, 2.75) is 39.0 Å². The van der Waals surface area contributed by atoms with Crippen LogP contribution in [0, 0.1) is 0 Å². The van der Waals surface area contributed by atoms with E-state index in [4.69, 9.17) is 0 Å². The van der Waals surface area contributed by atoms with Gasteiger partial charge < -0.3 is 0 Å². The molecule has 0 amide bonds. The first-order valence-electron chi connectivity index (χ1n) is 6.05. The Morgan fingerprint density at radius 2 is 1.67 bits per heavy atom. The predicted octanol–water partition coefficient (Wildman–Crippen LogP) is 4.54.